The molecule has 3 atom stereocenters. The van der Waals surface area contributed by atoms with E-state index < -0.39 is 17.2 Å². The van der Waals surface area contributed by atoms with Gasteiger partial charge >= 0.3 is 0 Å². The third kappa shape index (κ3) is 9.27. The Morgan fingerprint density at radius 2 is 0.865 bits per heavy atom. The monoisotopic (exact) mass is 727 g/mol. The Morgan fingerprint density at radius 1 is 0.423 bits per heavy atom. The number of rotatable bonds is 23. The van der Waals surface area contributed by atoms with Crippen LogP contribution in [0.25, 0.3) is 0 Å². The van der Waals surface area contributed by atoms with E-state index in [1.54, 1.807) is 0 Å². The zero-order chi connectivity index (χ0) is 35.1. The molecule has 298 valence electrons. The van der Waals surface area contributed by atoms with Gasteiger partial charge in [-0.1, -0.05) is 57.8 Å². The standard InChI is InChI=1S/C44H78N4O4/c1-2-14-39(15-3-1)34-52-44(45-28-37-22-23-37,48(47-30-36-18-10-19-36)46-29-35-12-4-5-13-35)42(49-31-38-16-6-7-17-38)26-8-9-27-43(42,51-33-41-24-25-41)50-32-40-20-11-21-40/h35-41,45-47H,1-34H2. The fourth-order valence-electron chi connectivity index (χ4n) is 10.6. The molecule has 0 amide bonds. The molecule has 0 bridgehead atoms. The molecule has 0 heterocycles. The van der Waals surface area contributed by atoms with Crippen molar-refractivity contribution >= 4 is 0 Å². The van der Waals surface area contributed by atoms with Gasteiger partial charge in [0.25, 0.3) is 0 Å². The van der Waals surface area contributed by atoms with Gasteiger partial charge in [-0.15, -0.1) is 5.12 Å². The Morgan fingerprint density at radius 3 is 1.40 bits per heavy atom. The lowest BCUT2D eigenvalue weighted by atomic mass is 9.73. The van der Waals surface area contributed by atoms with Crippen molar-refractivity contribution in [3.8, 4) is 0 Å². The Bertz CT molecular complexity index is 1060. The maximum absolute atomic E-state index is 7.91. The molecule has 8 saturated carbocycles. The van der Waals surface area contributed by atoms with E-state index in [1.807, 2.05) is 0 Å². The highest BCUT2D eigenvalue weighted by Crippen LogP contribution is 2.54. The average molecular weight is 727 g/mol. The summed E-state index contributed by atoms with van der Waals surface area (Å²) in [5, 5.41) is 6.72. The second-order valence-corrected chi connectivity index (χ2v) is 19.4. The van der Waals surface area contributed by atoms with Gasteiger partial charge in [0.1, 0.15) is 0 Å². The van der Waals surface area contributed by atoms with Gasteiger partial charge < -0.3 is 18.9 Å². The molecule has 0 aromatic heterocycles. The van der Waals surface area contributed by atoms with Gasteiger partial charge in [0.15, 0.2) is 5.60 Å². The topological polar surface area (TPSA) is 76.3 Å². The van der Waals surface area contributed by atoms with Crippen LogP contribution in [-0.4, -0.2) is 68.4 Å². The minimum atomic E-state index is -0.989. The first-order valence-electron chi connectivity index (χ1n) is 23.2. The van der Waals surface area contributed by atoms with Crippen molar-refractivity contribution in [2.45, 2.75) is 191 Å². The Hall–Kier alpha value is -0.320. The maximum atomic E-state index is 7.91. The molecule has 0 aliphatic heterocycles. The van der Waals surface area contributed by atoms with Gasteiger partial charge in [0.2, 0.25) is 11.6 Å². The fraction of sp³-hybridized carbons (Fsp3) is 1.00. The van der Waals surface area contributed by atoms with Crippen LogP contribution in [-0.2, 0) is 18.9 Å². The SMILES string of the molecule is C1CCC(COC(NCC2CC2)(N(NCC2CCCC2)NCC2CCC2)C2(OCC3CCCC3)CCCCC2(OCC2CCC2)OCC2CC2)CC1. The van der Waals surface area contributed by atoms with E-state index in [0.29, 0.717) is 41.4 Å². The highest BCUT2D eigenvalue weighted by molar-refractivity contribution is 5.12. The van der Waals surface area contributed by atoms with Crippen LogP contribution in [0, 0.1) is 41.4 Å². The average Bonchev–Trinajstić information content (AvgIpc) is 4.03. The van der Waals surface area contributed by atoms with Gasteiger partial charge in [0.05, 0.1) is 26.4 Å². The molecule has 8 heteroatoms. The molecule has 8 nitrogen and oxygen atoms in total. The van der Waals surface area contributed by atoms with E-state index in [4.69, 9.17) is 18.9 Å². The van der Waals surface area contributed by atoms with E-state index in [-0.39, 0.29) is 0 Å². The number of nitrogens with zero attached hydrogens (tertiary/aromatic N) is 1. The summed E-state index contributed by atoms with van der Waals surface area (Å²) in [7, 11) is 0. The smallest absolute Gasteiger partial charge is 0.238 e. The number of hydrogen-bond acceptors (Lipinski definition) is 8. The van der Waals surface area contributed by atoms with E-state index in [1.165, 1.54) is 148 Å². The van der Waals surface area contributed by atoms with E-state index in [0.717, 1.165) is 71.7 Å². The summed E-state index contributed by atoms with van der Waals surface area (Å²) in [4.78, 5) is 0. The van der Waals surface area contributed by atoms with Crippen molar-refractivity contribution in [3.05, 3.63) is 0 Å². The second kappa shape index (κ2) is 18.3. The highest BCUT2D eigenvalue weighted by atomic mass is 16.7. The van der Waals surface area contributed by atoms with Crippen molar-refractivity contribution < 1.29 is 18.9 Å². The van der Waals surface area contributed by atoms with Crippen LogP contribution in [0.3, 0.4) is 0 Å². The Kier molecular flexibility index (Phi) is 13.6. The number of ether oxygens (including phenoxy) is 4. The summed E-state index contributed by atoms with van der Waals surface area (Å²) >= 11 is 0. The minimum Gasteiger partial charge on any atom is -0.363 e. The molecule has 8 fully saturated rings. The normalized spacial score (nSPS) is 32.7. The molecule has 0 saturated heterocycles. The largest absolute Gasteiger partial charge is 0.363 e. The van der Waals surface area contributed by atoms with Gasteiger partial charge in [-0.2, -0.15) is 0 Å². The van der Waals surface area contributed by atoms with E-state index >= 15 is 0 Å². The molecule has 3 unspecified atom stereocenters. The number of nitrogens with one attached hydrogen (secondary N) is 3. The summed E-state index contributed by atoms with van der Waals surface area (Å²) in [6, 6.07) is 0. The zero-order valence-corrected chi connectivity index (χ0v) is 33.2. The first-order valence-corrected chi connectivity index (χ1v) is 23.2. The van der Waals surface area contributed by atoms with Crippen molar-refractivity contribution in [2.24, 2.45) is 41.4 Å². The second-order valence-electron chi connectivity index (χ2n) is 19.4. The molecule has 8 aliphatic rings. The molecule has 52 heavy (non-hydrogen) atoms. The summed E-state index contributed by atoms with van der Waals surface area (Å²) in [6.45, 7) is 5.93. The van der Waals surface area contributed by atoms with E-state index in [9.17, 15) is 0 Å². The molecular weight excluding hydrogens is 649 g/mol. The fourth-order valence-corrected chi connectivity index (χ4v) is 10.6. The molecule has 0 spiro atoms. The van der Waals surface area contributed by atoms with Crippen LogP contribution in [0.1, 0.15) is 173 Å². The molecule has 0 radical (unpaired) electrons. The van der Waals surface area contributed by atoms with Gasteiger partial charge in [-0.25, -0.2) is 10.9 Å². The van der Waals surface area contributed by atoms with Gasteiger partial charge in [-0.05, 0) is 151 Å². The molecule has 8 rings (SSSR count). The summed E-state index contributed by atoms with van der Waals surface area (Å²) in [6.07, 6.45) is 34.0. The third-order valence-corrected chi connectivity index (χ3v) is 15.2. The maximum Gasteiger partial charge on any atom is 0.238 e. The van der Waals surface area contributed by atoms with Crippen molar-refractivity contribution in [3.63, 3.8) is 0 Å². The summed E-state index contributed by atoms with van der Waals surface area (Å²) in [5.74, 6) is 2.66. The lowest BCUT2D eigenvalue weighted by Crippen LogP contribution is -2.86. The summed E-state index contributed by atoms with van der Waals surface area (Å²) in [5.41, 5.74) is 7.40. The lowest BCUT2D eigenvalue weighted by Gasteiger charge is -2.62. The van der Waals surface area contributed by atoms with Crippen LogP contribution in [0.2, 0.25) is 0 Å². The predicted molar refractivity (Wildman–Crippen MR) is 207 cm³/mol. The molecule has 0 aromatic carbocycles. The van der Waals surface area contributed by atoms with Gasteiger partial charge in [0, 0.05) is 26.1 Å². The van der Waals surface area contributed by atoms with Crippen LogP contribution in [0.4, 0.5) is 0 Å². The molecular formula is C44H78N4O4. The number of hydrogen-bond donors (Lipinski definition) is 3. The lowest BCUT2D eigenvalue weighted by molar-refractivity contribution is -0.431. The number of hydrazine groups is 2. The third-order valence-electron chi connectivity index (χ3n) is 15.2. The minimum absolute atomic E-state index is 0.576. The molecule has 3 N–H and O–H groups in total. The van der Waals surface area contributed by atoms with E-state index in [2.05, 4.69) is 21.3 Å². The summed E-state index contributed by atoms with van der Waals surface area (Å²) < 4.78 is 30.8. The molecule has 0 aromatic rings. The molecule has 8 aliphatic carbocycles. The quantitative estimate of drug-likeness (QED) is 0.0712. The Balaban J connectivity index is 1.23. The van der Waals surface area contributed by atoms with Crippen LogP contribution in [0.5, 0.6) is 0 Å². The van der Waals surface area contributed by atoms with Crippen LogP contribution in [0.15, 0.2) is 0 Å². The van der Waals surface area contributed by atoms with Crippen LogP contribution >= 0.6 is 0 Å². The zero-order valence-electron chi connectivity index (χ0n) is 33.2. The van der Waals surface area contributed by atoms with Crippen LogP contribution < -0.4 is 16.2 Å². The first kappa shape index (κ1) is 38.5. The van der Waals surface area contributed by atoms with Crippen molar-refractivity contribution in [1.29, 1.82) is 0 Å². The van der Waals surface area contributed by atoms with Crippen molar-refractivity contribution in [1.82, 2.24) is 21.3 Å². The van der Waals surface area contributed by atoms with Gasteiger partial charge in [-0.3, -0.25) is 5.32 Å². The first-order chi connectivity index (χ1) is 25.7. The Labute approximate surface area is 317 Å². The highest BCUT2D eigenvalue weighted by Gasteiger charge is 2.71. The predicted octanol–water partition coefficient (Wildman–Crippen LogP) is 9.00. The van der Waals surface area contributed by atoms with Crippen molar-refractivity contribution in [2.75, 3.05) is 46.1 Å².